The lowest BCUT2D eigenvalue weighted by Crippen LogP contribution is -2.17. The first-order valence-corrected chi connectivity index (χ1v) is 7.25. The van der Waals surface area contributed by atoms with E-state index in [1.165, 1.54) is 0 Å². The maximum Gasteiger partial charge on any atom is 0.341 e. The minimum atomic E-state index is -0.487. The van der Waals surface area contributed by atoms with Crippen LogP contribution in [-0.2, 0) is 14.3 Å². The fraction of sp³-hybridized carbons (Fsp3) is 0.692. The lowest BCUT2D eigenvalue weighted by molar-refractivity contribution is -0.140. The van der Waals surface area contributed by atoms with Crippen LogP contribution in [-0.4, -0.2) is 23.7 Å². The molecule has 0 rings (SSSR count). The van der Waals surface area contributed by atoms with Gasteiger partial charge in [-0.25, -0.2) is 4.79 Å². The summed E-state index contributed by atoms with van der Waals surface area (Å²) < 4.78 is 5.05. The van der Waals surface area contributed by atoms with E-state index in [9.17, 15) is 9.59 Å². The Morgan fingerprint density at radius 1 is 1.18 bits per heavy atom. The molecule has 3 nitrogen and oxygen atoms in total. The van der Waals surface area contributed by atoms with Gasteiger partial charge in [0.25, 0.3) is 0 Å². The normalized spacial score (nSPS) is 11.4. The summed E-state index contributed by atoms with van der Waals surface area (Å²) in [5.41, 5.74) is 0.187. The number of hydrogen-bond acceptors (Lipinski definition) is 3. The van der Waals surface area contributed by atoms with Gasteiger partial charge in [0.15, 0.2) is 5.78 Å². The number of carbonyl (C=O) groups excluding carboxylic acids is 2. The molecule has 0 aromatic carbocycles. The number of ether oxygens (including phenoxy) is 1. The molecule has 0 aromatic heterocycles. The molecule has 0 aliphatic heterocycles. The minimum absolute atomic E-state index is 0.161. The smallest absolute Gasteiger partial charge is 0.341 e. The maximum atomic E-state index is 11.7. The van der Waals surface area contributed by atoms with E-state index in [0.717, 1.165) is 32.1 Å². The number of hydrogen-bond donors (Lipinski definition) is 0. The van der Waals surface area contributed by atoms with Crippen molar-refractivity contribution in [1.82, 2.24) is 0 Å². The molecule has 0 bridgehead atoms. The third-order valence-corrected chi connectivity index (χ3v) is 2.79. The van der Waals surface area contributed by atoms with Crippen molar-refractivity contribution in [2.75, 3.05) is 11.9 Å². The number of carbonyl (C=O) groups is 2. The van der Waals surface area contributed by atoms with E-state index in [2.05, 4.69) is 22.9 Å². The first kappa shape index (κ1) is 16.4. The van der Waals surface area contributed by atoms with Crippen LogP contribution in [0.5, 0.6) is 0 Å². The van der Waals surface area contributed by atoms with Crippen LogP contribution in [0.15, 0.2) is 11.6 Å². The highest BCUT2D eigenvalue weighted by Crippen LogP contribution is 2.07. The second-order valence-corrected chi connectivity index (χ2v) is 4.37. The zero-order chi connectivity index (χ0) is 13.1. The number of alkyl halides is 1. The van der Waals surface area contributed by atoms with E-state index in [1.807, 2.05) is 6.92 Å². The number of ketones is 1. The molecule has 0 aliphatic rings. The predicted molar refractivity (Wildman–Crippen MR) is 72.3 cm³/mol. The molecule has 0 radical (unpaired) electrons. The van der Waals surface area contributed by atoms with Gasteiger partial charge in [0.2, 0.25) is 0 Å². The average Bonchev–Trinajstić information content (AvgIpc) is 2.34. The Labute approximate surface area is 112 Å². The van der Waals surface area contributed by atoms with Crippen LogP contribution < -0.4 is 0 Å². The highest BCUT2D eigenvalue weighted by atomic mass is 79.9. The number of halogens is 1. The van der Waals surface area contributed by atoms with Crippen LogP contribution in [0.25, 0.3) is 0 Å². The van der Waals surface area contributed by atoms with Crippen molar-refractivity contribution in [3.05, 3.63) is 11.6 Å². The molecule has 0 saturated heterocycles. The number of Topliss-reactive ketones (excluding diaryl/α,β-unsaturated/α-hetero) is 1. The molecule has 0 saturated carbocycles. The van der Waals surface area contributed by atoms with Crippen LogP contribution in [0.1, 0.15) is 46.0 Å². The van der Waals surface area contributed by atoms with Crippen LogP contribution in [0.4, 0.5) is 0 Å². The molecule has 0 heterocycles. The van der Waals surface area contributed by atoms with E-state index < -0.39 is 5.97 Å². The van der Waals surface area contributed by atoms with Crippen molar-refractivity contribution < 1.29 is 14.3 Å². The van der Waals surface area contributed by atoms with Crippen molar-refractivity contribution in [2.45, 2.75) is 46.0 Å². The van der Waals surface area contributed by atoms with Crippen molar-refractivity contribution in [1.29, 1.82) is 0 Å². The second kappa shape index (κ2) is 10.5. The molecule has 0 atom stereocenters. The van der Waals surface area contributed by atoms with E-state index in [4.69, 9.17) is 4.74 Å². The van der Waals surface area contributed by atoms with Gasteiger partial charge in [-0.2, -0.15) is 0 Å². The minimum Gasteiger partial charge on any atom is -0.462 e. The molecule has 0 N–H and O–H groups in total. The van der Waals surface area contributed by atoms with Crippen LogP contribution in [0.3, 0.4) is 0 Å². The summed E-state index contributed by atoms with van der Waals surface area (Å²) in [6.45, 7) is 4.48. The predicted octanol–water partition coefficient (Wildman–Crippen LogP) is 3.41. The summed E-state index contributed by atoms with van der Waals surface area (Å²) in [7, 11) is 0. The van der Waals surface area contributed by atoms with Crippen LogP contribution in [0.2, 0.25) is 0 Å². The maximum absolute atomic E-state index is 11.7. The van der Waals surface area contributed by atoms with Gasteiger partial charge in [0, 0.05) is 0 Å². The summed E-state index contributed by atoms with van der Waals surface area (Å²) in [4.78, 5) is 23.2. The van der Waals surface area contributed by atoms with Gasteiger partial charge in [-0.3, -0.25) is 4.79 Å². The molecule has 0 amide bonds. The second-order valence-electron chi connectivity index (χ2n) is 3.81. The Morgan fingerprint density at radius 3 is 2.35 bits per heavy atom. The number of allylic oxidation sites excluding steroid dienone is 1. The molecule has 0 unspecified atom stereocenters. The van der Waals surface area contributed by atoms with Gasteiger partial charge in [0.05, 0.1) is 17.5 Å². The number of unbranched alkanes of at least 4 members (excludes halogenated alkanes) is 3. The quantitative estimate of drug-likeness (QED) is 0.164. The summed E-state index contributed by atoms with van der Waals surface area (Å²) in [5, 5.41) is 0.161. The zero-order valence-electron chi connectivity index (χ0n) is 10.6. The monoisotopic (exact) mass is 304 g/mol. The molecule has 0 spiro atoms. The average molecular weight is 305 g/mol. The van der Waals surface area contributed by atoms with Gasteiger partial charge in [-0.05, 0) is 12.8 Å². The fourth-order valence-electron chi connectivity index (χ4n) is 1.22. The molecule has 0 aromatic rings. The largest absolute Gasteiger partial charge is 0.462 e. The van der Waals surface area contributed by atoms with Gasteiger partial charge in [0.1, 0.15) is 0 Å². The standard InChI is InChI=1S/C13H21BrO3/c1-3-5-7-8-11(12(15)10-14)13(16)17-9-6-4-2/h8H,3-7,9-10H2,1-2H3/b11-8+. The Morgan fingerprint density at radius 2 is 1.82 bits per heavy atom. The molecule has 98 valence electrons. The molecular weight excluding hydrogens is 284 g/mol. The molecular formula is C13H21BrO3. The van der Waals surface area contributed by atoms with E-state index in [-0.39, 0.29) is 16.7 Å². The highest BCUT2D eigenvalue weighted by Gasteiger charge is 2.17. The molecule has 0 fully saturated rings. The topological polar surface area (TPSA) is 43.4 Å². The Kier molecular flexibility index (Phi) is 10.1. The lowest BCUT2D eigenvalue weighted by Gasteiger charge is -2.06. The summed E-state index contributed by atoms with van der Waals surface area (Å²) in [5.74, 6) is -0.693. The van der Waals surface area contributed by atoms with Gasteiger partial charge in [-0.1, -0.05) is 55.1 Å². The number of rotatable bonds is 9. The van der Waals surface area contributed by atoms with E-state index in [0.29, 0.717) is 6.61 Å². The van der Waals surface area contributed by atoms with Crippen LogP contribution >= 0.6 is 15.9 Å². The molecule has 0 aliphatic carbocycles. The molecule has 17 heavy (non-hydrogen) atoms. The van der Waals surface area contributed by atoms with Crippen LogP contribution in [0, 0.1) is 0 Å². The Balaban J connectivity index is 4.40. The van der Waals surface area contributed by atoms with E-state index in [1.54, 1.807) is 6.08 Å². The van der Waals surface area contributed by atoms with E-state index >= 15 is 0 Å². The first-order valence-electron chi connectivity index (χ1n) is 6.13. The van der Waals surface area contributed by atoms with Gasteiger partial charge >= 0.3 is 5.97 Å². The fourth-order valence-corrected chi connectivity index (χ4v) is 1.52. The van der Waals surface area contributed by atoms with Crippen molar-refractivity contribution in [2.24, 2.45) is 0 Å². The summed E-state index contributed by atoms with van der Waals surface area (Å²) in [6.07, 6.45) is 6.25. The lowest BCUT2D eigenvalue weighted by atomic mass is 10.1. The third kappa shape index (κ3) is 7.31. The van der Waals surface area contributed by atoms with Crippen molar-refractivity contribution >= 4 is 27.7 Å². The molecule has 4 heteroatoms. The van der Waals surface area contributed by atoms with Crippen molar-refractivity contribution in [3.8, 4) is 0 Å². The Bertz CT molecular complexity index is 272. The van der Waals surface area contributed by atoms with Crippen molar-refractivity contribution in [3.63, 3.8) is 0 Å². The Hall–Kier alpha value is -0.640. The zero-order valence-corrected chi connectivity index (χ0v) is 12.2. The highest BCUT2D eigenvalue weighted by molar-refractivity contribution is 9.09. The summed E-state index contributed by atoms with van der Waals surface area (Å²) >= 11 is 3.08. The number of esters is 1. The first-order chi connectivity index (χ1) is 8.17. The SMILES string of the molecule is CCCC/C=C(\C(=O)CBr)C(=O)OCCCC. The third-order valence-electron chi connectivity index (χ3n) is 2.28. The van der Waals surface area contributed by atoms with Gasteiger partial charge in [-0.15, -0.1) is 0 Å². The van der Waals surface area contributed by atoms with Gasteiger partial charge < -0.3 is 4.74 Å². The summed E-state index contributed by atoms with van der Waals surface area (Å²) in [6, 6.07) is 0.